The second-order valence-electron chi connectivity index (χ2n) is 9.39. The van der Waals surface area contributed by atoms with E-state index in [1.54, 1.807) is 18.2 Å². The molecule has 3 atom stereocenters. The van der Waals surface area contributed by atoms with Crippen LogP contribution in [0.4, 0.5) is 15.8 Å². The molecule has 208 valence electrons. The fourth-order valence-corrected chi connectivity index (χ4v) is 8.27. The van der Waals surface area contributed by atoms with E-state index in [1.807, 2.05) is 0 Å². The standard InChI is InChI=1S/C28H18Cl2FN3O5S2/c29-18-3-1-2-17(22(18)30)20-21-23(26(38)34(25(21)37)15-8-4-13(31)5-9-15)40-27-24(20)41-28(39)33(27)12-19(36)32-14-6-10-16(35)11-7-14/h1-11,20-21,23,35H,12H2,(H,32,36). The first-order valence-corrected chi connectivity index (χ1v) is 14.7. The van der Waals surface area contributed by atoms with E-state index < -0.39 is 45.5 Å². The molecule has 1 fully saturated rings. The maximum absolute atomic E-state index is 13.9. The van der Waals surface area contributed by atoms with Crippen molar-refractivity contribution in [3.05, 3.63) is 103 Å². The number of aromatic hydroxyl groups is 1. The first-order valence-electron chi connectivity index (χ1n) is 12.2. The summed E-state index contributed by atoms with van der Waals surface area (Å²) in [5.41, 5.74) is 1.12. The van der Waals surface area contributed by atoms with Gasteiger partial charge in [-0.15, -0.1) is 0 Å². The Labute approximate surface area is 250 Å². The van der Waals surface area contributed by atoms with Crippen LogP contribution < -0.4 is 15.1 Å². The topological polar surface area (TPSA) is 109 Å². The normalized spacial score (nSPS) is 19.7. The number of phenols is 1. The Morgan fingerprint density at radius 3 is 2.39 bits per heavy atom. The molecule has 2 aliphatic rings. The zero-order chi connectivity index (χ0) is 29.0. The SMILES string of the molecule is O=C(Cn1c2c(sc1=O)C(c1cccc(Cl)c1Cl)C1C(=O)N(c3ccc(F)cc3)C(=O)C1S2)Nc1ccc(O)cc1. The second kappa shape index (κ2) is 10.6. The summed E-state index contributed by atoms with van der Waals surface area (Å²) in [4.78, 5) is 54.9. The Hall–Kier alpha value is -3.64. The molecule has 0 saturated carbocycles. The predicted octanol–water partition coefficient (Wildman–Crippen LogP) is 5.50. The number of nitrogens with one attached hydrogen (secondary N) is 1. The minimum atomic E-state index is -0.944. The van der Waals surface area contributed by atoms with Gasteiger partial charge in [0.2, 0.25) is 17.7 Å². The number of imide groups is 1. The van der Waals surface area contributed by atoms with Crippen molar-refractivity contribution in [2.75, 3.05) is 10.2 Å². The number of halogens is 3. The molecule has 3 unspecified atom stereocenters. The van der Waals surface area contributed by atoms with Gasteiger partial charge in [0, 0.05) is 16.5 Å². The van der Waals surface area contributed by atoms with E-state index in [2.05, 4.69) is 5.32 Å². The fourth-order valence-electron chi connectivity index (χ4n) is 5.08. The maximum atomic E-state index is 13.9. The van der Waals surface area contributed by atoms with Gasteiger partial charge in [-0.25, -0.2) is 9.29 Å². The molecule has 0 spiro atoms. The van der Waals surface area contributed by atoms with Crippen molar-refractivity contribution >= 4 is 75.4 Å². The molecule has 1 saturated heterocycles. The molecule has 6 rings (SSSR count). The van der Waals surface area contributed by atoms with Crippen molar-refractivity contribution in [3.63, 3.8) is 0 Å². The van der Waals surface area contributed by atoms with Gasteiger partial charge in [-0.3, -0.25) is 23.7 Å². The van der Waals surface area contributed by atoms with Crippen LogP contribution in [0, 0.1) is 11.7 Å². The second-order valence-corrected chi connectivity index (χ2v) is 12.3. The lowest BCUT2D eigenvalue weighted by Gasteiger charge is -2.31. The van der Waals surface area contributed by atoms with Gasteiger partial charge in [0.25, 0.3) is 0 Å². The van der Waals surface area contributed by atoms with E-state index in [9.17, 15) is 28.7 Å². The van der Waals surface area contributed by atoms with Gasteiger partial charge in [0.05, 0.1) is 26.7 Å². The van der Waals surface area contributed by atoms with Gasteiger partial charge in [-0.1, -0.05) is 58.4 Å². The lowest BCUT2D eigenvalue weighted by molar-refractivity contribution is -0.122. The summed E-state index contributed by atoms with van der Waals surface area (Å²) in [6.07, 6.45) is 0. The molecular formula is C28H18Cl2FN3O5S2. The molecule has 1 aromatic heterocycles. The van der Waals surface area contributed by atoms with Gasteiger partial charge in [0.1, 0.15) is 23.4 Å². The third-order valence-corrected chi connectivity index (χ3v) is 10.3. The number of carbonyl (C=O) groups excluding carboxylic acids is 3. The van der Waals surface area contributed by atoms with E-state index >= 15 is 0 Å². The number of thiazole rings is 1. The molecule has 2 aliphatic heterocycles. The number of anilines is 2. The van der Waals surface area contributed by atoms with Crippen LogP contribution in [-0.4, -0.2) is 32.6 Å². The summed E-state index contributed by atoms with van der Waals surface area (Å²) in [6.45, 7) is -0.351. The van der Waals surface area contributed by atoms with Gasteiger partial charge >= 0.3 is 4.87 Å². The molecule has 0 aliphatic carbocycles. The highest BCUT2D eigenvalue weighted by molar-refractivity contribution is 8.00. The van der Waals surface area contributed by atoms with E-state index in [0.29, 0.717) is 21.2 Å². The number of rotatable bonds is 5. The highest BCUT2D eigenvalue weighted by atomic mass is 35.5. The van der Waals surface area contributed by atoms with Crippen molar-refractivity contribution < 1.29 is 23.9 Å². The Kier molecular flexibility index (Phi) is 7.14. The average Bonchev–Trinajstić information content (AvgIpc) is 3.38. The van der Waals surface area contributed by atoms with Crippen molar-refractivity contribution in [1.29, 1.82) is 0 Å². The number of carbonyl (C=O) groups is 3. The van der Waals surface area contributed by atoms with Crippen LogP contribution in [0.2, 0.25) is 10.0 Å². The van der Waals surface area contributed by atoms with Crippen molar-refractivity contribution in [3.8, 4) is 5.75 Å². The molecule has 13 heteroatoms. The van der Waals surface area contributed by atoms with Crippen LogP contribution in [0.3, 0.4) is 0 Å². The maximum Gasteiger partial charge on any atom is 0.308 e. The molecule has 3 amide bonds. The first-order chi connectivity index (χ1) is 19.6. The third kappa shape index (κ3) is 4.82. The van der Waals surface area contributed by atoms with E-state index in [0.717, 1.165) is 40.1 Å². The van der Waals surface area contributed by atoms with E-state index in [-0.39, 0.29) is 28.0 Å². The molecule has 3 aromatic carbocycles. The van der Waals surface area contributed by atoms with Gasteiger partial charge in [-0.2, -0.15) is 0 Å². The monoisotopic (exact) mass is 629 g/mol. The quantitative estimate of drug-likeness (QED) is 0.223. The Balaban J connectivity index is 1.43. The average molecular weight is 631 g/mol. The molecule has 0 radical (unpaired) electrons. The minimum Gasteiger partial charge on any atom is -0.508 e. The number of benzene rings is 3. The summed E-state index contributed by atoms with van der Waals surface area (Å²) in [6, 6.07) is 15.9. The van der Waals surface area contributed by atoms with Crippen LogP contribution in [0.15, 0.2) is 76.6 Å². The van der Waals surface area contributed by atoms with Crippen molar-refractivity contribution in [2.24, 2.45) is 5.92 Å². The van der Waals surface area contributed by atoms with Crippen molar-refractivity contribution in [2.45, 2.75) is 22.7 Å². The number of nitrogens with zero attached hydrogens (tertiary/aromatic N) is 2. The number of phenolic OH excluding ortho intramolecular Hbond substituents is 1. The molecule has 2 N–H and O–H groups in total. The number of thioether (sulfide) groups is 1. The molecule has 8 nitrogen and oxygen atoms in total. The van der Waals surface area contributed by atoms with E-state index in [1.165, 1.54) is 41.0 Å². The number of amides is 3. The Morgan fingerprint density at radius 2 is 1.68 bits per heavy atom. The highest BCUT2D eigenvalue weighted by Gasteiger charge is 2.57. The van der Waals surface area contributed by atoms with Gasteiger partial charge in [-0.05, 0) is 60.2 Å². The molecule has 3 heterocycles. The lowest BCUT2D eigenvalue weighted by atomic mass is 9.83. The summed E-state index contributed by atoms with van der Waals surface area (Å²) in [5.74, 6) is -3.75. The van der Waals surface area contributed by atoms with Gasteiger partial charge < -0.3 is 10.4 Å². The minimum absolute atomic E-state index is 0.0354. The molecular weight excluding hydrogens is 612 g/mol. The van der Waals surface area contributed by atoms with Gasteiger partial charge in [0.15, 0.2) is 0 Å². The summed E-state index contributed by atoms with van der Waals surface area (Å²) >= 11 is 14.9. The van der Waals surface area contributed by atoms with Crippen LogP contribution >= 0.6 is 46.3 Å². The zero-order valence-corrected chi connectivity index (χ0v) is 23.9. The summed E-state index contributed by atoms with van der Waals surface area (Å²) < 4.78 is 14.9. The molecule has 4 aromatic rings. The van der Waals surface area contributed by atoms with Crippen LogP contribution in [-0.2, 0) is 20.9 Å². The Bertz CT molecular complexity index is 1770. The number of hydrogen-bond acceptors (Lipinski definition) is 7. The molecule has 0 bridgehead atoms. The third-order valence-electron chi connectivity index (χ3n) is 6.90. The smallest absolute Gasteiger partial charge is 0.308 e. The summed E-state index contributed by atoms with van der Waals surface area (Å²) in [5, 5.41) is 12.0. The van der Waals surface area contributed by atoms with Crippen LogP contribution in [0.1, 0.15) is 16.4 Å². The highest BCUT2D eigenvalue weighted by Crippen LogP contribution is 2.55. The lowest BCUT2D eigenvalue weighted by Crippen LogP contribution is -2.33. The van der Waals surface area contributed by atoms with Crippen LogP contribution in [0.25, 0.3) is 0 Å². The largest absolute Gasteiger partial charge is 0.508 e. The summed E-state index contributed by atoms with van der Waals surface area (Å²) in [7, 11) is 0. The van der Waals surface area contributed by atoms with Crippen LogP contribution in [0.5, 0.6) is 5.75 Å². The Morgan fingerprint density at radius 1 is 0.976 bits per heavy atom. The number of hydrogen-bond donors (Lipinski definition) is 2. The number of fused-ring (bicyclic) bond motifs is 2. The first kappa shape index (κ1) is 27.5. The van der Waals surface area contributed by atoms with Crippen molar-refractivity contribution in [1.82, 2.24) is 4.57 Å². The molecule has 41 heavy (non-hydrogen) atoms. The predicted molar refractivity (Wildman–Crippen MR) is 156 cm³/mol. The zero-order valence-electron chi connectivity index (χ0n) is 20.7. The fraction of sp³-hybridized carbons (Fsp3) is 0.143. The van der Waals surface area contributed by atoms with E-state index in [4.69, 9.17) is 23.2 Å². The number of aromatic nitrogens is 1.